The van der Waals surface area contributed by atoms with E-state index in [1.54, 1.807) is 18.4 Å². The molecule has 5 rings (SSSR count). The highest BCUT2D eigenvalue weighted by atomic mass is 32.1. The minimum absolute atomic E-state index is 0.00715. The molecule has 2 aliphatic heterocycles. The number of ether oxygens (including phenoxy) is 1. The fourth-order valence-electron chi connectivity index (χ4n) is 4.27. The van der Waals surface area contributed by atoms with E-state index >= 15 is 0 Å². The molecule has 4 N–H and O–H groups in total. The lowest BCUT2D eigenvalue weighted by atomic mass is 9.90. The predicted octanol–water partition coefficient (Wildman–Crippen LogP) is 3.97. The lowest BCUT2D eigenvalue weighted by Crippen LogP contribution is -2.40. The summed E-state index contributed by atoms with van der Waals surface area (Å²) in [7, 11) is 1.71. The van der Waals surface area contributed by atoms with Gasteiger partial charge in [0.1, 0.15) is 11.9 Å². The number of nitrogens with zero attached hydrogens (tertiary/aromatic N) is 2. The number of aliphatic imine (C=N–C) groups is 1. The second kappa shape index (κ2) is 9.11. The summed E-state index contributed by atoms with van der Waals surface area (Å²) >= 11 is 1.65. The number of fused-ring (bicyclic) bond motifs is 1. The topological polar surface area (TPSA) is 82.6 Å². The van der Waals surface area contributed by atoms with E-state index in [4.69, 9.17) is 9.73 Å². The van der Waals surface area contributed by atoms with Crippen molar-refractivity contribution >= 4 is 38.9 Å². The van der Waals surface area contributed by atoms with Gasteiger partial charge in [0.25, 0.3) is 0 Å². The molecule has 0 aliphatic carbocycles. The van der Waals surface area contributed by atoms with E-state index in [0.29, 0.717) is 5.92 Å². The van der Waals surface area contributed by atoms with E-state index in [1.165, 1.54) is 23.1 Å². The summed E-state index contributed by atoms with van der Waals surface area (Å²) in [4.78, 5) is 9.21. The molecule has 162 valence electrons. The van der Waals surface area contributed by atoms with Gasteiger partial charge in [0, 0.05) is 18.7 Å². The SMILES string of the molecule is COc1ccc(C2CCNCC2)cc1NC1=NC(Nc2ccc3ncsc3c2)CCN1. The summed E-state index contributed by atoms with van der Waals surface area (Å²) in [5, 5.41) is 13.8. The normalized spacial score (nSPS) is 19.5. The van der Waals surface area contributed by atoms with E-state index < -0.39 is 0 Å². The minimum Gasteiger partial charge on any atom is -0.495 e. The number of piperidine rings is 1. The van der Waals surface area contributed by atoms with Gasteiger partial charge >= 0.3 is 0 Å². The van der Waals surface area contributed by atoms with Gasteiger partial charge < -0.3 is 26.0 Å². The summed E-state index contributed by atoms with van der Waals surface area (Å²) in [5.74, 6) is 2.18. The second-order valence-electron chi connectivity index (χ2n) is 8.00. The number of thiazole rings is 1. The van der Waals surface area contributed by atoms with Crippen molar-refractivity contribution in [2.24, 2.45) is 4.99 Å². The Labute approximate surface area is 186 Å². The molecule has 1 saturated heterocycles. The molecule has 1 atom stereocenters. The maximum absolute atomic E-state index is 5.61. The molecule has 2 aromatic carbocycles. The van der Waals surface area contributed by atoms with Gasteiger partial charge in [-0.25, -0.2) is 9.98 Å². The minimum atomic E-state index is 0.00715. The quantitative estimate of drug-likeness (QED) is 0.485. The van der Waals surface area contributed by atoms with Crippen molar-refractivity contribution in [3.63, 3.8) is 0 Å². The van der Waals surface area contributed by atoms with Crippen LogP contribution in [-0.4, -0.2) is 43.9 Å². The molecule has 3 aromatic rings. The summed E-state index contributed by atoms with van der Waals surface area (Å²) in [6.07, 6.45) is 3.26. The number of hydrogen-bond donors (Lipinski definition) is 4. The number of rotatable bonds is 5. The highest BCUT2D eigenvalue weighted by Crippen LogP contribution is 2.32. The largest absolute Gasteiger partial charge is 0.495 e. The first-order valence-electron chi connectivity index (χ1n) is 10.9. The van der Waals surface area contributed by atoms with E-state index in [1.807, 2.05) is 5.51 Å². The van der Waals surface area contributed by atoms with Crippen molar-refractivity contribution < 1.29 is 4.74 Å². The van der Waals surface area contributed by atoms with Crippen LogP contribution in [0.3, 0.4) is 0 Å². The van der Waals surface area contributed by atoms with E-state index in [2.05, 4.69) is 62.6 Å². The Morgan fingerprint density at radius 2 is 1.97 bits per heavy atom. The summed E-state index contributed by atoms with van der Waals surface area (Å²) in [6.45, 7) is 3.01. The van der Waals surface area contributed by atoms with E-state index in [0.717, 1.165) is 54.7 Å². The second-order valence-corrected chi connectivity index (χ2v) is 8.88. The molecule has 0 spiro atoms. The summed E-state index contributed by atoms with van der Waals surface area (Å²) < 4.78 is 6.79. The first kappa shape index (κ1) is 20.1. The number of benzene rings is 2. The Kier molecular flexibility index (Phi) is 5.90. The van der Waals surface area contributed by atoms with Gasteiger partial charge in [-0.2, -0.15) is 0 Å². The number of methoxy groups -OCH3 is 1. The van der Waals surface area contributed by atoms with Crippen LogP contribution in [0.1, 0.15) is 30.7 Å². The van der Waals surface area contributed by atoms with Gasteiger partial charge in [0.05, 0.1) is 28.5 Å². The molecule has 1 unspecified atom stereocenters. The van der Waals surface area contributed by atoms with Crippen LogP contribution in [0.25, 0.3) is 10.2 Å². The molecular formula is C23H28N6OS. The van der Waals surface area contributed by atoms with Gasteiger partial charge in [-0.05, 0) is 67.7 Å². The first-order valence-corrected chi connectivity index (χ1v) is 11.7. The van der Waals surface area contributed by atoms with Crippen LogP contribution < -0.4 is 26.0 Å². The van der Waals surface area contributed by atoms with E-state index in [-0.39, 0.29) is 6.17 Å². The highest BCUT2D eigenvalue weighted by Gasteiger charge is 2.19. The van der Waals surface area contributed by atoms with Crippen LogP contribution in [0.15, 0.2) is 46.9 Å². The zero-order chi connectivity index (χ0) is 21.0. The smallest absolute Gasteiger partial charge is 0.197 e. The maximum Gasteiger partial charge on any atom is 0.197 e. The molecule has 0 amide bonds. The van der Waals surface area contributed by atoms with Crippen molar-refractivity contribution in [2.45, 2.75) is 31.3 Å². The van der Waals surface area contributed by atoms with Gasteiger partial charge in [0.15, 0.2) is 5.96 Å². The van der Waals surface area contributed by atoms with Crippen molar-refractivity contribution in [1.82, 2.24) is 15.6 Å². The molecule has 0 saturated carbocycles. The van der Waals surface area contributed by atoms with Gasteiger partial charge in [-0.15, -0.1) is 11.3 Å². The van der Waals surface area contributed by atoms with Crippen LogP contribution in [0.5, 0.6) is 5.75 Å². The fourth-order valence-corrected chi connectivity index (χ4v) is 4.99. The summed E-state index contributed by atoms with van der Waals surface area (Å²) in [6, 6.07) is 12.7. The van der Waals surface area contributed by atoms with Gasteiger partial charge in [-0.3, -0.25) is 0 Å². The van der Waals surface area contributed by atoms with Crippen LogP contribution in [0, 0.1) is 0 Å². The lowest BCUT2D eigenvalue weighted by molar-refractivity contribution is 0.415. The van der Waals surface area contributed by atoms with Gasteiger partial charge in [-0.1, -0.05) is 6.07 Å². The lowest BCUT2D eigenvalue weighted by Gasteiger charge is -2.26. The molecule has 0 bridgehead atoms. The molecular weight excluding hydrogens is 408 g/mol. The molecule has 7 nitrogen and oxygen atoms in total. The molecule has 8 heteroatoms. The Hall–Kier alpha value is -2.84. The Bertz CT molecular complexity index is 1070. The van der Waals surface area contributed by atoms with Crippen molar-refractivity contribution in [3.8, 4) is 5.75 Å². The van der Waals surface area contributed by atoms with Gasteiger partial charge in [0.2, 0.25) is 0 Å². The number of guanidine groups is 1. The molecule has 1 aromatic heterocycles. The number of hydrogen-bond acceptors (Lipinski definition) is 8. The first-order chi connectivity index (χ1) is 15.3. The van der Waals surface area contributed by atoms with Crippen molar-refractivity contribution in [2.75, 3.05) is 37.4 Å². The molecule has 31 heavy (non-hydrogen) atoms. The zero-order valence-electron chi connectivity index (χ0n) is 17.6. The molecule has 0 radical (unpaired) electrons. The van der Waals surface area contributed by atoms with Crippen molar-refractivity contribution in [1.29, 1.82) is 0 Å². The predicted molar refractivity (Wildman–Crippen MR) is 129 cm³/mol. The van der Waals surface area contributed by atoms with Crippen LogP contribution >= 0.6 is 11.3 Å². The third kappa shape index (κ3) is 4.60. The number of aromatic nitrogens is 1. The Balaban J connectivity index is 1.32. The zero-order valence-corrected chi connectivity index (χ0v) is 18.5. The maximum atomic E-state index is 5.61. The number of nitrogens with one attached hydrogen (secondary N) is 4. The highest BCUT2D eigenvalue weighted by molar-refractivity contribution is 7.16. The third-order valence-corrected chi connectivity index (χ3v) is 6.74. The Morgan fingerprint density at radius 1 is 1.06 bits per heavy atom. The molecule has 2 aliphatic rings. The monoisotopic (exact) mass is 436 g/mol. The average Bonchev–Trinajstić information content (AvgIpc) is 3.28. The third-order valence-electron chi connectivity index (χ3n) is 5.95. The van der Waals surface area contributed by atoms with Crippen LogP contribution in [-0.2, 0) is 0 Å². The Morgan fingerprint density at radius 3 is 2.84 bits per heavy atom. The fraction of sp³-hybridized carbons (Fsp3) is 0.391. The van der Waals surface area contributed by atoms with E-state index in [9.17, 15) is 0 Å². The van der Waals surface area contributed by atoms with Crippen LogP contribution in [0.2, 0.25) is 0 Å². The van der Waals surface area contributed by atoms with Crippen molar-refractivity contribution in [3.05, 3.63) is 47.5 Å². The average molecular weight is 437 g/mol. The number of anilines is 2. The molecule has 1 fully saturated rings. The standard InChI is InChI=1S/C23H28N6OS/c1-30-20-5-2-16(15-6-9-24-10-7-15)12-19(20)28-23-25-11-8-22(29-23)27-17-3-4-18-21(13-17)31-14-26-18/h2-5,12-15,22,24,27H,6-11H2,1H3,(H2,25,28,29). The van der Waals surface area contributed by atoms with Crippen LogP contribution in [0.4, 0.5) is 11.4 Å². The summed E-state index contributed by atoms with van der Waals surface area (Å²) in [5.41, 5.74) is 6.29. The molecule has 3 heterocycles.